The molecule has 48 heavy (non-hydrogen) atoms. The summed E-state index contributed by atoms with van der Waals surface area (Å²) in [4.78, 5) is 26.2. The van der Waals surface area contributed by atoms with E-state index in [4.69, 9.17) is 14.2 Å². The summed E-state index contributed by atoms with van der Waals surface area (Å²) in [5.41, 5.74) is 6.70. The number of benzene rings is 3. The van der Waals surface area contributed by atoms with Gasteiger partial charge in [-0.15, -0.1) is 0 Å². The van der Waals surface area contributed by atoms with Gasteiger partial charge in [-0.25, -0.2) is 0 Å². The first-order valence-corrected chi connectivity index (χ1v) is 17.3. The van der Waals surface area contributed by atoms with Crippen molar-refractivity contribution in [3.8, 4) is 11.1 Å². The highest BCUT2D eigenvalue weighted by molar-refractivity contribution is 5.82. The Morgan fingerprint density at radius 1 is 0.958 bits per heavy atom. The van der Waals surface area contributed by atoms with E-state index in [9.17, 15) is 14.7 Å². The molecule has 2 saturated heterocycles. The summed E-state index contributed by atoms with van der Waals surface area (Å²) in [5, 5.41) is 12.4. The van der Waals surface area contributed by atoms with Crippen LogP contribution in [0, 0.1) is 10.8 Å². The summed E-state index contributed by atoms with van der Waals surface area (Å²) < 4.78 is 18.4. The lowest BCUT2D eigenvalue weighted by Gasteiger charge is -2.41. The van der Waals surface area contributed by atoms with Crippen molar-refractivity contribution >= 4 is 11.9 Å². The predicted molar refractivity (Wildman–Crippen MR) is 184 cm³/mol. The van der Waals surface area contributed by atoms with Gasteiger partial charge in [-0.1, -0.05) is 87.5 Å². The molecule has 1 amide bonds. The predicted octanol–water partition coefficient (Wildman–Crippen LogP) is 6.86. The van der Waals surface area contributed by atoms with Crippen molar-refractivity contribution in [1.29, 1.82) is 0 Å². The fourth-order valence-corrected chi connectivity index (χ4v) is 8.41. The Morgan fingerprint density at radius 2 is 1.69 bits per heavy atom. The second kappa shape index (κ2) is 14.1. The summed E-state index contributed by atoms with van der Waals surface area (Å²) in [6.45, 7) is 12.5. The average Bonchev–Trinajstić information content (AvgIpc) is 3.30. The van der Waals surface area contributed by atoms with Crippen LogP contribution in [0.25, 0.3) is 11.1 Å². The zero-order valence-corrected chi connectivity index (χ0v) is 28.9. The standard InChI is InChI=1S/C40H50N2O6/c1-26(46-27(2)44)37(45)41-21-29-7-6-8-33(17-29)30-13-15-32(16-14-30)38-47-35(18-36(48-38)31-11-9-28(23-43)10-12-31)22-42-25-40(5)20-34(42)19-39(3,4)24-40/h6-17,26,34-36,38,43H,18-25H2,1-5H3,(H,41,45). The molecule has 6 atom stereocenters. The van der Waals surface area contributed by atoms with E-state index in [1.807, 2.05) is 30.3 Å². The number of nitrogens with zero attached hydrogens (tertiary/aromatic N) is 1. The third kappa shape index (κ3) is 8.17. The normalized spacial score (nSPS) is 27.3. The molecule has 6 rings (SSSR count). The molecular weight excluding hydrogens is 604 g/mol. The highest BCUT2D eigenvalue weighted by Crippen LogP contribution is 2.53. The minimum Gasteiger partial charge on any atom is -0.453 e. The van der Waals surface area contributed by atoms with E-state index in [1.165, 1.54) is 26.2 Å². The summed E-state index contributed by atoms with van der Waals surface area (Å²) in [7, 11) is 0. The van der Waals surface area contributed by atoms with E-state index in [0.29, 0.717) is 23.4 Å². The number of carbonyl (C=O) groups excluding carboxylic acids is 2. The second-order valence-corrected chi connectivity index (χ2v) is 15.3. The molecule has 3 fully saturated rings. The van der Waals surface area contributed by atoms with Crippen LogP contribution in [0.5, 0.6) is 0 Å². The maximum Gasteiger partial charge on any atom is 0.303 e. The lowest BCUT2D eigenvalue weighted by molar-refractivity contribution is -0.253. The van der Waals surface area contributed by atoms with Crippen LogP contribution in [0.3, 0.4) is 0 Å². The van der Waals surface area contributed by atoms with Gasteiger partial charge in [-0.05, 0) is 70.9 Å². The van der Waals surface area contributed by atoms with Crippen LogP contribution < -0.4 is 5.32 Å². The molecule has 2 heterocycles. The number of esters is 1. The van der Waals surface area contributed by atoms with Gasteiger partial charge in [0.2, 0.25) is 0 Å². The number of carbonyl (C=O) groups is 2. The summed E-state index contributed by atoms with van der Waals surface area (Å²) >= 11 is 0. The van der Waals surface area contributed by atoms with E-state index >= 15 is 0 Å². The number of aliphatic hydroxyl groups is 1. The van der Waals surface area contributed by atoms with Crippen molar-refractivity contribution in [2.75, 3.05) is 13.1 Å². The van der Waals surface area contributed by atoms with E-state index in [0.717, 1.165) is 52.9 Å². The van der Waals surface area contributed by atoms with Gasteiger partial charge in [-0.3, -0.25) is 14.5 Å². The van der Waals surface area contributed by atoms with E-state index in [-0.39, 0.29) is 24.7 Å². The monoisotopic (exact) mass is 654 g/mol. The Hall–Kier alpha value is -3.56. The highest BCUT2D eigenvalue weighted by Gasteiger charge is 2.50. The lowest BCUT2D eigenvalue weighted by atomic mass is 9.65. The zero-order chi connectivity index (χ0) is 34.1. The molecule has 8 heteroatoms. The highest BCUT2D eigenvalue weighted by atomic mass is 16.7. The minimum absolute atomic E-state index is 0.0187. The number of aliphatic hydroxyl groups excluding tert-OH is 1. The van der Waals surface area contributed by atoms with Crippen molar-refractivity contribution in [2.24, 2.45) is 10.8 Å². The van der Waals surface area contributed by atoms with E-state index in [1.54, 1.807) is 6.92 Å². The topological polar surface area (TPSA) is 97.3 Å². The van der Waals surface area contributed by atoms with Gasteiger partial charge in [0.25, 0.3) is 5.91 Å². The Labute approximate surface area is 284 Å². The van der Waals surface area contributed by atoms with Crippen molar-refractivity contribution in [3.63, 3.8) is 0 Å². The fraction of sp³-hybridized carbons (Fsp3) is 0.500. The van der Waals surface area contributed by atoms with Crippen LogP contribution in [-0.2, 0) is 37.0 Å². The van der Waals surface area contributed by atoms with Gasteiger partial charge in [0.1, 0.15) is 0 Å². The minimum atomic E-state index is -0.841. The first-order valence-electron chi connectivity index (χ1n) is 17.3. The van der Waals surface area contributed by atoms with Crippen LogP contribution >= 0.6 is 0 Å². The van der Waals surface area contributed by atoms with E-state index < -0.39 is 18.4 Å². The van der Waals surface area contributed by atoms with Crippen LogP contribution in [-0.4, -0.2) is 53.2 Å². The van der Waals surface area contributed by atoms with Crippen LogP contribution in [0.2, 0.25) is 0 Å². The Kier molecular flexibility index (Phi) is 10.1. The summed E-state index contributed by atoms with van der Waals surface area (Å²) in [6.07, 6.45) is 3.09. The fourth-order valence-electron chi connectivity index (χ4n) is 8.41. The van der Waals surface area contributed by atoms with E-state index in [2.05, 4.69) is 73.5 Å². The molecule has 2 bridgehead atoms. The van der Waals surface area contributed by atoms with Crippen LogP contribution in [0.1, 0.15) is 94.9 Å². The second-order valence-electron chi connectivity index (χ2n) is 15.3. The molecule has 0 aromatic heterocycles. The number of amides is 1. The summed E-state index contributed by atoms with van der Waals surface area (Å²) in [5.74, 6) is -0.818. The molecule has 3 aliphatic rings. The number of ether oxygens (including phenoxy) is 3. The Balaban J connectivity index is 1.17. The number of rotatable bonds is 10. The van der Waals surface area contributed by atoms with Gasteiger partial charge in [-0.2, -0.15) is 0 Å². The largest absolute Gasteiger partial charge is 0.453 e. The SMILES string of the molecule is CC(=O)OC(C)C(=O)NCc1cccc(-c2ccc(C3OC(CN4CC5(C)CC4CC(C)(C)C5)CC(c4ccc(CO)cc4)O3)cc2)c1. The van der Waals surface area contributed by atoms with Gasteiger partial charge >= 0.3 is 5.97 Å². The van der Waals surface area contributed by atoms with Crippen molar-refractivity contribution in [1.82, 2.24) is 10.2 Å². The van der Waals surface area contributed by atoms with Crippen LogP contribution in [0.4, 0.5) is 0 Å². The molecule has 2 aliphatic heterocycles. The Bertz CT molecular complexity index is 1590. The van der Waals surface area contributed by atoms with Gasteiger partial charge in [0, 0.05) is 44.6 Å². The quantitative estimate of drug-likeness (QED) is 0.231. The molecule has 256 valence electrons. The average molecular weight is 655 g/mol. The zero-order valence-electron chi connectivity index (χ0n) is 28.9. The maximum atomic E-state index is 12.3. The molecule has 0 spiro atoms. The maximum absolute atomic E-state index is 12.3. The number of hydrogen-bond donors (Lipinski definition) is 2. The number of fused-ring (bicyclic) bond motifs is 2. The first-order chi connectivity index (χ1) is 22.9. The molecule has 6 unspecified atom stereocenters. The van der Waals surface area contributed by atoms with Gasteiger partial charge in [0.05, 0.1) is 18.8 Å². The molecule has 8 nitrogen and oxygen atoms in total. The molecule has 1 aliphatic carbocycles. The van der Waals surface area contributed by atoms with Crippen molar-refractivity contribution in [2.45, 2.75) is 104 Å². The number of hydrogen-bond acceptors (Lipinski definition) is 7. The number of likely N-dealkylation sites (tertiary alicyclic amines) is 1. The molecule has 0 radical (unpaired) electrons. The third-order valence-corrected chi connectivity index (χ3v) is 10.2. The van der Waals surface area contributed by atoms with Gasteiger partial charge < -0.3 is 24.6 Å². The molecule has 1 saturated carbocycles. The number of nitrogens with one attached hydrogen (secondary N) is 1. The molecule has 2 N–H and O–H groups in total. The Morgan fingerprint density at radius 3 is 2.40 bits per heavy atom. The molecule has 3 aromatic rings. The molecular formula is C40H50N2O6. The van der Waals surface area contributed by atoms with Crippen molar-refractivity contribution < 1.29 is 28.9 Å². The molecule has 3 aromatic carbocycles. The van der Waals surface area contributed by atoms with Crippen molar-refractivity contribution in [3.05, 3.63) is 95.1 Å². The first kappa shape index (κ1) is 34.3. The summed E-state index contributed by atoms with van der Waals surface area (Å²) in [6, 6.07) is 25.0. The van der Waals surface area contributed by atoms with Gasteiger partial charge in [0.15, 0.2) is 12.4 Å². The lowest BCUT2D eigenvalue weighted by Crippen LogP contribution is -2.42. The smallest absolute Gasteiger partial charge is 0.303 e. The third-order valence-electron chi connectivity index (χ3n) is 10.2. The van der Waals surface area contributed by atoms with Crippen LogP contribution in [0.15, 0.2) is 72.8 Å².